The maximum Gasteiger partial charge on any atom is 0.309 e. The largest absolute Gasteiger partial charge is 0.458 e. The highest BCUT2D eigenvalue weighted by Gasteiger charge is 2.71. The third-order valence-electron chi connectivity index (χ3n) is 9.21. The molecule has 8 nitrogen and oxygen atoms in total. The fourth-order valence-electron chi connectivity index (χ4n) is 6.70. The summed E-state index contributed by atoms with van der Waals surface area (Å²) in [6.07, 6.45) is 3.86. The van der Waals surface area contributed by atoms with Crippen LogP contribution in [0.4, 0.5) is 0 Å². The molecule has 2 aliphatic carbocycles. The molecule has 0 bridgehead atoms. The average molecular weight is 533 g/mol. The Bertz CT molecular complexity index is 985. The first-order valence-electron chi connectivity index (χ1n) is 13.6. The number of carbonyl (C=O) groups is 3. The van der Waals surface area contributed by atoms with Crippen molar-refractivity contribution in [3.05, 3.63) is 36.5 Å². The third-order valence-corrected chi connectivity index (χ3v) is 9.21. The van der Waals surface area contributed by atoms with Crippen LogP contribution in [-0.4, -0.2) is 49.8 Å². The van der Waals surface area contributed by atoms with Crippen molar-refractivity contribution < 1.29 is 38.1 Å². The van der Waals surface area contributed by atoms with Gasteiger partial charge >= 0.3 is 17.9 Å². The molecule has 3 aliphatic rings. The molecule has 0 amide bonds. The predicted molar refractivity (Wildman–Crippen MR) is 141 cm³/mol. The van der Waals surface area contributed by atoms with Crippen molar-refractivity contribution in [3.63, 3.8) is 0 Å². The van der Waals surface area contributed by atoms with E-state index in [1.54, 1.807) is 13.2 Å². The number of esters is 3. The van der Waals surface area contributed by atoms with Gasteiger partial charge in [0.05, 0.1) is 17.4 Å². The van der Waals surface area contributed by atoms with E-state index in [4.69, 9.17) is 23.7 Å². The molecular formula is C30H44O8. The fraction of sp³-hybridized carbons (Fsp3) is 0.700. The molecule has 0 aromatic heterocycles. The minimum atomic E-state index is -1.09. The van der Waals surface area contributed by atoms with Crippen LogP contribution in [0.25, 0.3) is 0 Å². The SMILES string of the molecule is C=CC(=C)CC[C@]1(C)[C@H]2C[C@@H](OC(=O)C(C)CC)C=C3[C@H](OC(C)=O)O[C@H](OC(C)=O)[C@]32[C@H](OC)C[C@@H]1C. The van der Waals surface area contributed by atoms with Crippen LogP contribution in [0, 0.1) is 28.6 Å². The van der Waals surface area contributed by atoms with Gasteiger partial charge in [0.2, 0.25) is 12.6 Å². The molecule has 1 saturated carbocycles. The highest BCUT2D eigenvalue weighted by atomic mass is 16.8. The minimum Gasteiger partial charge on any atom is -0.458 e. The molecule has 8 heteroatoms. The number of hydrogen-bond donors (Lipinski definition) is 0. The summed E-state index contributed by atoms with van der Waals surface area (Å²) >= 11 is 0. The topological polar surface area (TPSA) is 97.4 Å². The summed E-state index contributed by atoms with van der Waals surface area (Å²) < 4.78 is 29.8. The molecule has 2 fully saturated rings. The predicted octanol–water partition coefficient (Wildman–Crippen LogP) is 5.27. The van der Waals surface area contributed by atoms with E-state index in [-0.39, 0.29) is 35.2 Å². The summed E-state index contributed by atoms with van der Waals surface area (Å²) in [5.74, 6) is -1.57. The Labute approximate surface area is 226 Å². The van der Waals surface area contributed by atoms with Crippen molar-refractivity contribution in [2.75, 3.05) is 7.11 Å². The molecule has 3 rings (SSSR count). The Balaban J connectivity index is 2.22. The van der Waals surface area contributed by atoms with Gasteiger partial charge in [-0.2, -0.15) is 0 Å². The Morgan fingerprint density at radius 3 is 2.39 bits per heavy atom. The molecule has 9 atom stereocenters. The fourth-order valence-corrected chi connectivity index (χ4v) is 6.70. The number of ether oxygens (including phenoxy) is 5. The molecule has 1 aliphatic heterocycles. The highest BCUT2D eigenvalue weighted by Crippen LogP contribution is 2.68. The van der Waals surface area contributed by atoms with Crippen molar-refractivity contribution in [2.45, 2.75) is 98.4 Å². The van der Waals surface area contributed by atoms with E-state index < -0.39 is 36.0 Å². The highest BCUT2D eigenvalue weighted by molar-refractivity contribution is 5.72. The van der Waals surface area contributed by atoms with Crippen molar-refractivity contribution in [3.8, 4) is 0 Å². The normalized spacial score (nSPS) is 36.7. The second-order valence-electron chi connectivity index (χ2n) is 11.4. The second kappa shape index (κ2) is 11.7. The first-order valence-corrected chi connectivity index (χ1v) is 13.6. The average Bonchev–Trinajstić information content (AvgIpc) is 3.15. The lowest BCUT2D eigenvalue weighted by Gasteiger charge is -2.61. The number of carbonyl (C=O) groups excluding carboxylic acids is 3. The van der Waals surface area contributed by atoms with Crippen LogP contribution in [0.3, 0.4) is 0 Å². The number of methoxy groups -OCH3 is 1. The summed E-state index contributed by atoms with van der Waals surface area (Å²) in [5.41, 5.74) is 0.319. The van der Waals surface area contributed by atoms with Crippen LogP contribution in [-0.2, 0) is 38.1 Å². The Kier molecular flexibility index (Phi) is 9.30. The minimum absolute atomic E-state index is 0.194. The Morgan fingerprint density at radius 2 is 1.84 bits per heavy atom. The first kappa shape index (κ1) is 30.1. The van der Waals surface area contributed by atoms with Crippen LogP contribution in [0.15, 0.2) is 36.5 Å². The van der Waals surface area contributed by atoms with Gasteiger partial charge in [-0.05, 0) is 55.4 Å². The third kappa shape index (κ3) is 5.34. The Morgan fingerprint density at radius 1 is 1.18 bits per heavy atom. The van der Waals surface area contributed by atoms with Gasteiger partial charge in [0.15, 0.2) is 0 Å². The van der Waals surface area contributed by atoms with Crippen LogP contribution < -0.4 is 0 Å². The molecular weight excluding hydrogens is 488 g/mol. The van der Waals surface area contributed by atoms with Gasteiger partial charge in [0.25, 0.3) is 0 Å². The van der Waals surface area contributed by atoms with Crippen molar-refractivity contribution >= 4 is 17.9 Å². The summed E-state index contributed by atoms with van der Waals surface area (Å²) in [4.78, 5) is 37.3. The Hall–Kier alpha value is -2.45. The van der Waals surface area contributed by atoms with Gasteiger partial charge in [0, 0.05) is 26.5 Å². The summed E-state index contributed by atoms with van der Waals surface area (Å²) in [5, 5.41) is 0. The second-order valence-corrected chi connectivity index (χ2v) is 11.4. The standard InChI is InChI=1S/C30H44O8/c1-10-17(3)12-13-29(8)19(5)14-25(34-9)30-23(27(35-20(6)31)38-28(30)36-21(7)32)15-22(16-24(29)30)37-26(33)18(4)11-2/h10,15,18-19,22,24-25,27-28H,1,3,11-14,16H2,2,4-9H3/t18?,19-,22-,24+,25+,27+,28-,29-,30+/m0/s1. The van der Waals surface area contributed by atoms with Crippen LogP contribution in [0.1, 0.15) is 73.6 Å². The molecule has 1 heterocycles. The maximum absolute atomic E-state index is 12.9. The van der Waals surface area contributed by atoms with Gasteiger partial charge in [0.1, 0.15) is 6.10 Å². The van der Waals surface area contributed by atoms with E-state index >= 15 is 0 Å². The van der Waals surface area contributed by atoms with Gasteiger partial charge in [-0.15, -0.1) is 0 Å². The van der Waals surface area contributed by atoms with E-state index in [1.165, 1.54) is 13.8 Å². The lowest BCUT2D eigenvalue weighted by Crippen LogP contribution is -2.63. The lowest BCUT2D eigenvalue weighted by atomic mass is 9.45. The van der Waals surface area contributed by atoms with E-state index in [9.17, 15) is 14.4 Å². The molecule has 38 heavy (non-hydrogen) atoms. The molecule has 0 radical (unpaired) electrons. The van der Waals surface area contributed by atoms with Crippen molar-refractivity contribution in [1.82, 2.24) is 0 Å². The van der Waals surface area contributed by atoms with Gasteiger partial charge in [-0.1, -0.05) is 52.5 Å². The summed E-state index contributed by atoms with van der Waals surface area (Å²) in [6, 6.07) is 0. The quantitative estimate of drug-likeness (QED) is 0.162. The zero-order valence-electron chi connectivity index (χ0n) is 23.9. The molecule has 1 spiro atoms. The van der Waals surface area contributed by atoms with E-state index in [0.29, 0.717) is 24.8 Å². The molecule has 0 aromatic carbocycles. The molecule has 1 unspecified atom stereocenters. The summed E-state index contributed by atoms with van der Waals surface area (Å²) in [7, 11) is 1.64. The van der Waals surface area contributed by atoms with E-state index in [2.05, 4.69) is 27.0 Å². The molecule has 212 valence electrons. The number of allylic oxidation sites excluding steroid dienone is 2. The monoisotopic (exact) mass is 532 g/mol. The van der Waals surface area contributed by atoms with Gasteiger partial charge in [-0.3, -0.25) is 19.1 Å². The number of rotatable bonds is 10. The summed E-state index contributed by atoms with van der Waals surface area (Å²) in [6.45, 7) is 18.8. The molecule has 0 aromatic rings. The van der Waals surface area contributed by atoms with Crippen molar-refractivity contribution in [1.29, 1.82) is 0 Å². The maximum atomic E-state index is 12.9. The van der Waals surface area contributed by atoms with Gasteiger partial charge < -0.3 is 18.9 Å². The smallest absolute Gasteiger partial charge is 0.309 e. The lowest BCUT2D eigenvalue weighted by molar-refractivity contribution is -0.258. The van der Waals surface area contributed by atoms with Crippen molar-refractivity contribution in [2.24, 2.45) is 28.6 Å². The number of hydrogen-bond acceptors (Lipinski definition) is 8. The molecule has 1 saturated heterocycles. The van der Waals surface area contributed by atoms with E-state index in [1.807, 2.05) is 19.9 Å². The van der Waals surface area contributed by atoms with Gasteiger partial charge in [-0.25, -0.2) is 0 Å². The van der Waals surface area contributed by atoms with E-state index in [0.717, 1.165) is 18.4 Å². The molecule has 0 N–H and O–H groups in total. The van der Waals surface area contributed by atoms with Crippen LogP contribution >= 0.6 is 0 Å². The zero-order valence-corrected chi connectivity index (χ0v) is 23.9. The van der Waals surface area contributed by atoms with Crippen LogP contribution in [0.2, 0.25) is 0 Å². The first-order chi connectivity index (χ1) is 17.8. The zero-order chi connectivity index (χ0) is 28.4. The van der Waals surface area contributed by atoms with Crippen LogP contribution in [0.5, 0.6) is 0 Å².